The molecule has 8 nitrogen and oxygen atoms in total. The third-order valence-corrected chi connectivity index (χ3v) is 5.70. The number of likely N-dealkylation sites (N-methyl/N-ethyl adjacent to an activating group) is 1. The number of ketones is 1. The van der Waals surface area contributed by atoms with Crippen molar-refractivity contribution in [2.24, 2.45) is 0 Å². The van der Waals surface area contributed by atoms with Crippen LogP contribution < -0.4 is 40.2 Å². The maximum absolute atomic E-state index is 12.4. The summed E-state index contributed by atoms with van der Waals surface area (Å²) < 4.78 is 0. The molecule has 11 heteroatoms. The Balaban J connectivity index is 0.00000256. The molecule has 0 fully saturated rings. The molecule has 158 valence electrons. The van der Waals surface area contributed by atoms with Gasteiger partial charge in [0.15, 0.2) is 11.8 Å². The first kappa shape index (κ1) is 25.1. The second-order valence-electron chi connectivity index (χ2n) is 6.62. The molecule has 2 atom stereocenters. The summed E-state index contributed by atoms with van der Waals surface area (Å²) in [5.41, 5.74) is 1.69. The minimum absolute atomic E-state index is 0. The number of thiophene rings is 1. The molecule has 1 aliphatic rings. The van der Waals surface area contributed by atoms with Crippen LogP contribution in [-0.2, 0) is 14.4 Å². The number of carboxylic acid groups (broad SMARTS) is 1. The van der Waals surface area contributed by atoms with E-state index < -0.39 is 35.8 Å². The van der Waals surface area contributed by atoms with E-state index in [4.69, 9.17) is 11.6 Å². The number of nitrogens with one attached hydrogen (secondary N) is 2. The summed E-state index contributed by atoms with van der Waals surface area (Å²) >= 11 is 7.31. The standard InChI is InChI=1S/C20H18ClN3O5S.Na.H/c1-24-6-5-15(25)18(19(24)28)23-20(29)22-14(9-17(26)27)16-8-12(10-30-16)11-3-2-4-13(21)7-11;;/h2-8,10,14,18H,9H2,1H3,(H,26,27)(H2,22,23,29);;/q;+1;-1/t14-,18?;;/m0../s1. The molecule has 0 spiro atoms. The molecule has 0 saturated carbocycles. The number of rotatable bonds is 6. The van der Waals surface area contributed by atoms with Crippen LogP contribution in [0.4, 0.5) is 4.79 Å². The summed E-state index contributed by atoms with van der Waals surface area (Å²) in [6, 6.07) is 5.97. The van der Waals surface area contributed by atoms with Crippen LogP contribution in [0.15, 0.2) is 48.0 Å². The number of hydrogen-bond acceptors (Lipinski definition) is 5. The minimum Gasteiger partial charge on any atom is -1.00 e. The van der Waals surface area contributed by atoms with Crippen molar-refractivity contribution in [2.45, 2.75) is 18.5 Å². The fraction of sp³-hybridized carbons (Fsp3) is 0.200. The van der Waals surface area contributed by atoms with Crippen molar-refractivity contribution in [3.8, 4) is 11.1 Å². The van der Waals surface area contributed by atoms with Gasteiger partial charge in [0, 0.05) is 29.2 Å². The van der Waals surface area contributed by atoms with Crippen LogP contribution in [0, 0.1) is 0 Å². The Kier molecular flexibility index (Phi) is 8.84. The van der Waals surface area contributed by atoms with Gasteiger partial charge in [0.2, 0.25) is 0 Å². The monoisotopic (exact) mass is 471 g/mol. The maximum atomic E-state index is 12.4. The quantitative estimate of drug-likeness (QED) is 0.403. The molecule has 3 amide bonds. The number of carbonyl (C=O) groups excluding carboxylic acids is 3. The van der Waals surface area contributed by atoms with Crippen molar-refractivity contribution in [2.75, 3.05) is 7.05 Å². The average molecular weight is 472 g/mol. The van der Waals surface area contributed by atoms with Gasteiger partial charge < -0.3 is 22.1 Å². The normalized spacial score (nSPS) is 16.5. The minimum atomic E-state index is -1.35. The summed E-state index contributed by atoms with van der Waals surface area (Å²) in [5.74, 6) is -2.24. The first-order valence-corrected chi connectivity index (χ1v) is 10.1. The smallest absolute Gasteiger partial charge is 1.00 e. The molecule has 3 rings (SSSR count). The SMILES string of the molecule is CN1C=CC(=O)C(NC(=O)N[C@@H](CC(=O)O)c2cc(-c3cccc(Cl)c3)cs2)C1=O.[H-].[Na+]. The van der Waals surface area contributed by atoms with Gasteiger partial charge in [-0.05, 0) is 34.7 Å². The zero-order valence-corrected chi connectivity index (χ0v) is 20.4. The molecule has 1 aliphatic heterocycles. The van der Waals surface area contributed by atoms with Crippen LogP contribution in [-0.4, -0.2) is 46.8 Å². The van der Waals surface area contributed by atoms with E-state index in [0.29, 0.717) is 9.90 Å². The molecule has 0 aliphatic carbocycles. The third-order valence-electron chi connectivity index (χ3n) is 4.42. The Morgan fingerprint density at radius 3 is 2.71 bits per heavy atom. The Bertz CT molecular complexity index is 1050. The molecule has 3 N–H and O–H groups in total. The molecule has 1 unspecified atom stereocenters. The summed E-state index contributed by atoms with van der Waals surface area (Å²) in [4.78, 5) is 49.6. The second kappa shape index (κ2) is 10.9. The molecule has 1 aromatic carbocycles. The van der Waals surface area contributed by atoms with Gasteiger partial charge >= 0.3 is 41.6 Å². The molecular weight excluding hydrogens is 453 g/mol. The van der Waals surface area contributed by atoms with Crippen LogP contribution in [0.5, 0.6) is 0 Å². The molecule has 0 bridgehead atoms. The second-order valence-corrected chi connectivity index (χ2v) is 8.00. The van der Waals surface area contributed by atoms with Gasteiger partial charge in [0.05, 0.1) is 12.5 Å². The number of hydrogen-bond donors (Lipinski definition) is 3. The van der Waals surface area contributed by atoms with E-state index in [2.05, 4.69) is 10.6 Å². The summed E-state index contributed by atoms with van der Waals surface area (Å²) in [5, 5.41) is 16.5. The van der Waals surface area contributed by atoms with Gasteiger partial charge in [-0.3, -0.25) is 14.4 Å². The van der Waals surface area contributed by atoms with E-state index in [1.54, 1.807) is 24.3 Å². The van der Waals surface area contributed by atoms with Crippen LogP contribution in [0.2, 0.25) is 5.02 Å². The largest absolute Gasteiger partial charge is 1.00 e. The van der Waals surface area contributed by atoms with E-state index in [1.807, 2.05) is 11.4 Å². The number of carboxylic acids is 1. The molecule has 0 saturated heterocycles. The summed E-state index contributed by atoms with van der Waals surface area (Å²) in [6.07, 6.45) is 2.14. The Morgan fingerprint density at radius 1 is 1.29 bits per heavy atom. The van der Waals surface area contributed by atoms with Gasteiger partial charge in [-0.15, -0.1) is 11.3 Å². The Hall–Kier alpha value is -2.17. The predicted molar refractivity (Wildman–Crippen MR) is 113 cm³/mol. The third kappa shape index (κ3) is 6.41. The average Bonchev–Trinajstić information content (AvgIpc) is 3.18. The molecular formula is C20H19ClN3NaO5S. The van der Waals surface area contributed by atoms with Crippen LogP contribution >= 0.6 is 22.9 Å². The van der Waals surface area contributed by atoms with Crippen molar-refractivity contribution < 1.29 is 55.3 Å². The summed E-state index contributed by atoms with van der Waals surface area (Å²) in [7, 11) is 1.47. The van der Waals surface area contributed by atoms with Gasteiger partial charge in [0.1, 0.15) is 0 Å². The van der Waals surface area contributed by atoms with Crippen molar-refractivity contribution in [3.63, 3.8) is 0 Å². The zero-order chi connectivity index (χ0) is 21.8. The van der Waals surface area contributed by atoms with E-state index in [-0.39, 0.29) is 37.4 Å². The number of nitrogens with zero attached hydrogens (tertiary/aromatic N) is 1. The first-order chi connectivity index (χ1) is 14.2. The van der Waals surface area contributed by atoms with Gasteiger partial charge in [-0.1, -0.05) is 23.7 Å². The molecule has 1 aromatic heterocycles. The van der Waals surface area contributed by atoms with Crippen LogP contribution in [0.25, 0.3) is 11.1 Å². The first-order valence-electron chi connectivity index (χ1n) is 8.86. The number of amides is 3. The van der Waals surface area contributed by atoms with Gasteiger partial charge in [0.25, 0.3) is 5.91 Å². The van der Waals surface area contributed by atoms with E-state index >= 15 is 0 Å². The molecule has 2 heterocycles. The fourth-order valence-electron chi connectivity index (χ4n) is 2.90. The Labute approximate surface area is 211 Å². The zero-order valence-electron chi connectivity index (χ0n) is 17.8. The number of urea groups is 1. The van der Waals surface area contributed by atoms with Crippen molar-refractivity contribution in [1.82, 2.24) is 15.5 Å². The number of aliphatic carboxylic acids is 1. The van der Waals surface area contributed by atoms with E-state index in [9.17, 15) is 24.3 Å². The van der Waals surface area contributed by atoms with Crippen molar-refractivity contribution >= 4 is 46.6 Å². The number of carbonyl (C=O) groups is 4. The van der Waals surface area contributed by atoms with Gasteiger partial charge in [-0.25, -0.2) is 4.79 Å². The molecule has 2 aromatic rings. The molecule has 0 radical (unpaired) electrons. The van der Waals surface area contributed by atoms with Crippen molar-refractivity contribution in [3.05, 3.63) is 57.9 Å². The van der Waals surface area contributed by atoms with Crippen LogP contribution in [0.1, 0.15) is 18.8 Å². The number of halogens is 1. The maximum Gasteiger partial charge on any atom is 1.00 e. The van der Waals surface area contributed by atoms with Gasteiger partial charge in [-0.2, -0.15) is 0 Å². The molecule has 31 heavy (non-hydrogen) atoms. The van der Waals surface area contributed by atoms with E-state index in [0.717, 1.165) is 11.1 Å². The topological polar surface area (TPSA) is 116 Å². The Morgan fingerprint density at radius 2 is 2.03 bits per heavy atom. The predicted octanol–water partition coefficient (Wildman–Crippen LogP) is -0.0766. The summed E-state index contributed by atoms with van der Waals surface area (Å²) in [6.45, 7) is 0. The fourth-order valence-corrected chi connectivity index (χ4v) is 4.06. The van der Waals surface area contributed by atoms with Crippen molar-refractivity contribution in [1.29, 1.82) is 0 Å². The number of benzene rings is 1. The van der Waals surface area contributed by atoms with E-state index in [1.165, 1.54) is 35.6 Å². The van der Waals surface area contributed by atoms with Crippen LogP contribution in [0.3, 0.4) is 0 Å².